The fraction of sp³-hybridized carbons (Fsp3) is 0.375. The highest BCUT2D eigenvalue weighted by atomic mass is 16.3. The second-order valence-corrected chi connectivity index (χ2v) is 5.13. The molecular formula is C16H21N3O2. The predicted molar refractivity (Wildman–Crippen MR) is 80.7 cm³/mol. The van der Waals surface area contributed by atoms with Crippen molar-refractivity contribution in [1.29, 1.82) is 5.26 Å². The SMILES string of the molecule is CC(C)CNC(=O)/C(C#N)=C\NCc1ccc(CO)cc1. The van der Waals surface area contributed by atoms with E-state index < -0.39 is 0 Å². The van der Waals surface area contributed by atoms with E-state index in [1.54, 1.807) is 0 Å². The molecule has 0 aromatic heterocycles. The maximum Gasteiger partial charge on any atom is 0.263 e. The van der Waals surface area contributed by atoms with E-state index in [9.17, 15) is 4.79 Å². The van der Waals surface area contributed by atoms with Crippen LogP contribution in [-0.2, 0) is 17.9 Å². The molecule has 0 aliphatic rings. The average molecular weight is 287 g/mol. The van der Waals surface area contributed by atoms with Crippen LogP contribution >= 0.6 is 0 Å². The largest absolute Gasteiger partial charge is 0.392 e. The van der Waals surface area contributed by atoms with E-state index >= 15 is 0 Å². The van der Waals surface area contributed by atoms with Crippen molar-refractivity contribution >= 4 is 5.91 Å². The Bertz CT molecular complexity index is 527. The topological polar surface area (TPSA) is 85.2 Å². The average Bonchev–Trinajstić information content (AvgIpc) is 2.49. The molecule has 1 amide bonds. The zero-order valence-corrected chi connectivity index (χ0v) is 12.4. The van der Waals surface area contributed by atoms with Gasteiger partial charge in [-0.3, -0.25) is 4.79 Å². The lowest BCUT2D eigenvalue weighted by Gasteiger charge is -2.07. The van der Waals surface area contributed by atoms with E-state index in [0.29, 0.717) is 19.0 Å². The van der Waals surface area contributed by atoms with Crippen molar-refractivity contribution in [2.75, 3.05) is 6.54 Å². The van der Waals surface area contributed by atoms with Gasteiger partial charge in [0.05, 0.1) is 6.61 Å². The molecule has 112 valence electrons. The van der Waals surface area contributed by atoms with Crippen molar-refractivity contribution in [3.05, 3.63) is 47.2 Å². The zero-order chi connectivity index (χ0) is 15.7. The number of hydrogen-bond donors (Lipinski definition) is 3. The molecular weight excluding hydrogens is 266 g/mol. The Hall–Kier alpha value is -2.32. The lowest BCUT2D eigenvalue weighted by molar-refractivity contribution is -0.117. The Morgan fingerprint density at radius 1 is 1.33 bits per heavy atom. The molecule has 0 unspecified atom stereocenters. The minimum atomic E-state index is -0.366. The summed E-state index contributed by atoms with van der Waals surface area (Å²) < 4.78 is 0. The fourth-order valence-electron chi connectivity index (χ4n) is 1.57. The smallest absolute Gasteiger partial charge is 0.263 e. The van der Waals surface area contributed by atoms with Gasteiger partial charge in [0.2, 0.25) is 0 Å². The number of carbonyl (C=O) groups excluding carboxylic acids is 1. The highest BCUT2D eigenvalue weighted by Gasteiger charge is 2.08. The number of benzene rings is 1. The number of aliphatic hydroxyl groups excluding tert-OH is 1. The molecule has 0 saturated heterocycles. The third-order valence-electron chi connectivity index (χ3n) is 2.79. The summed E-state index contributed by atoms with van der Waals surface area (Å²) in [6.07, 6.45) is 1.43. The molecule has 5 nitrogen and oxygen atoms in total. The summed E-state index contributed by atoms with van der Waals surface area (Å²) in [4.78, 5) is 11.7. The van der Waals surface area contributed by atoms with Crippen molar-refractivity contribution in [1.82, 2.24) is 10.6 Å². The standard InChI is InChI=1S/C16H21N3O2/c1-12(2)8-19-16(21)15(7-17)10-18-9-13-3-5-14(11-20)6-4-13/h3-6,10,12,18,20H,8-9,11H2,1-2H3,(H,19,21)/b15-10-. The van der Waals surface area contributed by atoms with Crippen LogP contribution in [0.3, 0.4) is 0 Å². The van der Waals surface area contributed by atoms with Crippen molar-refractivity contribution in [2.45, 2.75) is 27.0 Å². The minimum Gasteiger partial charge on any atom is -0.392 e. The molecule has 1 aromatic rings. The number of rotatable bonds is 7. The first kappa shape index (κ1) is 16.7. The van der Waals surface area contributed by atoms with Crippen LogP contribution in [0.15, 0.2) is 36.0 Å². The fourth-order valence-corrected chi connectivity index (χ4v) is 1.57. The summed E-state index contributed by atoms with van der Waals surface area (Å²) in [5.41, 5.74) is 1.91. The molecule has 0 spiro atoms. The Labute approximate surface area is 125 Å². The molecule has 0 aliphatic carbocycles. The summed E-state index contributed by atoms with van der Waals surface area (Å²) in [7, 11) is 0. The van der Waals surface area contributed by atoms with Gasteiger partial charge in [0.1, 0.15) is 11.6 Å². The first-order chi connectivity index (χ1) is 10.1. The van der Waals surface area contributed by atoms with E-state index in [1.165, 1.54) is 6.20 Å². The Kier molecular flexibility index (Phi) is 6.99. The van der Waals surface area contributed by atoms with Crippen LogP contribution in [-0.4, -0.2) is 17.6 Å². The second-order valence-electron chi connectivity index (χ2n) is 5.13. The highest BCUT2D eigenvalue weighted by Crippen LogP contribution is 2.04. The lowest BCUT2D eigenvalue weighted by atomic mass is 10.1. The number of amides is 1. The number of nitriles is 1. The minimum absolute atomic E-state index is 0.0161. The van der Waals surface area contributed by atoms with Gasteiger partial charge in [-0.1, -0.05) is 38.1 Å². The summed E-state index contributed by atoms with van der Waals surface area (Å²) >= 11 is 0. The van der Waals surface area contributed by atoms with Crippen molar-refractivity contribution in [2.24, 2.45) is 5.92 Å². The first-order valence-electron chi connectivity index (χ1n) is 6.87. The van der Waals surface area contributed by atoms with Crippen LogP contribution in [0, 0.1) is 17.2 Å². The van der Waals surface area contributed by atoms with Crippen LogP contribution in [0.2, 0.25) is 0 Å². The first-order valence-corrected chi connectivity index (χ1v) is 6.87. The number of nitrogens with zero attached hydrogens (tertiary/aromatic N) is 1. The van der Waals surface area contributed by atoms with Crippen LogP contribution in [0.1, 0.15) is 25.0 Å². The molecule has 1 aromatic carbocycles. The van der Waals surface area contributed by atoms with Crippen LogP contribution in [0.25, 0.3) is 0 Å². The summed E-state index contributed by atoms with van der Waals surface area (Å²) in [5, 5.41) is 23.6. The van der Waals surface area contributed by atoms with Gasteiger partial charge in [0, 0.05) is 19.3 Å². The molecule has 0 aliphatic heterocycles. The number of hydrogen-bond acceptors (Lipinski definition) is 4. The van der Waals surface area contributed by atoms with Crippen molar-refractivity contribution in [3.63, 3.8) is 0 Å². The van der Waals surface area contributed by atoms with Gasteiger partial charge in [0.15, 0.2) is 0 Å². The van der Waals surface area contributed by atoms with Gasteiger partial charge in [-0.05, 0) is 17.0 Å². The molecule has 0 atom stereocenters. The quantitative estimate of drug-likeness (QED) is 0.523. The van der Waals surface area contributed by atoms with Crippen LogP contribution < -0.4 is 10.6 Å². The van der Waals surface area contributed by atoms with Gasteiger partial charge in [-0.15, -0.1) is 0 Å². The third kappa shape index (κ3) is 6.11. The number of nitrogens with one attached hydrogen (secondary N) is 2. The van der Waals surface area contributed by atoms with E-state index in [1.807, 2.05) is 44.2 Å². The van der Waals surface area contributed by atoms with Gasteiger partial charge in [-0.2, -0.15) is 5.26 Å². The van der Waals surface area contributed by atoms with Crippen LogP contribution in [0.5, 0.6) is 0 Å². The molecule has 0 fully saturated rings. The molecule has 1 rings (SSSR count). The summed E-state index contributed by atoms with van der Waals surface area (Å²) in [6.45, 7) is 5.05. The van der Waals surface area contributed by atoms with Gasteiger partial charge >= 0.3 is 0 Å². The maximum atomic E-state index is 11.7. The van der Waals surface area contributed by atoms with Gasteiger partial charge < -0.3 is 15.7 Å². The lowest BCUT2D eigenvalue weighted by Crippen LogP contribution is -2.29. The molecule has 0 bridgehead atoms. The molecule has 0 heterocycles. The Balaban J connectivity index is 2.52. The van der Waals surface area contributed by atoms with E-state index in [2.05, 4.69) is 10.6 Å². The van der Waals surface area contributed by atoms with E-state index in [0.717, 1.165) is 11.1 Å². The molecule has 0 radical (unpaired) electrons. The third-order valence-corrected chi connectivity index (χ3v) is 2.79. The maximum absolute atomic E-state index is 11.7. The number of carbonyl (C=O) groups is 1. The summed E-state index contributed by atoms with van der Waals surface area (Å²) in [6, 6.07) is 9.33. The monoisotopic (exact) mass is 287 g/mol. The van der Waals surface area contributed by atoms with Gasteiger partial charge in [-0.25, -0.2) is 0 Å². The molecule has 3 N–H and O–H groups in total. The molecule has 21 heavy (non-hydrogen) atoms. The Morgan fingerprint density at radius 2 is 1.95 bits per heavy atom. The molecule has 0 saturated carbocycles. The van der Waals surface area contributed by atoms with Gasteiger partial charge in [0.25, 0.3) is 5.91 Å². The summed E-state index contributed by atoms with van der Waals surface area (Å²) in [5.74, 6) is -0.0266. The predicted octanol–water partition coefficient (Wildman–Crippen LogP) is 1.45. The highest BCUT2D eigenvalue weighted by molar-refractivity contribution is 5.97. The van der Waals surface area contributed by atoms with E-state index in [4.69, 9.17) is 10.4 Å². The van der Waals surface area contributed by atoms with Crippen molar-refractivity contribution in [3.8, 4) is 6.07 Å². The van der Waals surface area contributed by atoms with Crippen molar-refractivity contribution < 1.29 is 9.90 Å². The second kappa shape index (κ2) is 8.77. The Morgan fingerprint density at radius 3 is 2.48 bits per heavy atom. The van der Waals surface area contributed by atoms with Crippen LogP contribution in [0.4, 0.5) is 0 Å². The normalized spacial score (nSPS) is 11.1. The number of aliphatic hydroxyl groups is 1. The zero-order valence-electron chi connectivity index (χ0n) is 12.4. The molecule has 5 heteroatoms. The van der Waals surface area contributed by atoms with E-state index in [-0.39, 0.29) is 18.1 Å².